The van der Waals surface area contributed by atoms with Crippen LogP contribution < -0.4 is 0 Å². The van der Waals surface area contributed by atoms with Crippen LogP contribution in [0.2, 0.25) is 6.32 Å². The number of nitrogens with zero attached hydrogens (tertiary/aromatic N) is 1. The molecule has 1 aromatic rings. The highest BCUT2D eigenvalue weighted by atomic mass is 16.1. The van der Waals surface area contributed by atoms with Gasteiger partial charge in [0.25, 0.3) is 0 Å². The molecule has 1 aliphatic rings. The summed E-state index contributed by atoms with van der Waals surface area (Å²) >= 11 is 0. The Balaban J connectivity index is 2.46. The van der Waals surface area contributed by atoms with Gasteiger partial charge in [-0.3, -0.25) is 4.79 Å². The highest BCUT2D eigenvalue weighted by molar-refractivity contribution is 6.24. The van der Waals surface area contributed by atoms with Crippen LogP contribution in [0.15, 0.2) is 18.2 Å². The van der Waals surface area contributed by atoms with Crippen LogP contribution in [-0.4, -0.2) is 13.6 Å². The first-order chi connectivity index (χ1) is 7.26. The summed E-state index contributed by atoms with van der Waals surface area (Å²) in [6.45, 7) is 0. The Labute approximate surface area is 90.3 Å². The number of benzene rings is 1. The first-order valence-electron chi connectivity index (χ1n) is 5.03. The van der Waals surface area contributed by atoms with E-state index in [-0.39, 0.29) is 12.1 Å². The third-order valence-electron chi connectivity index (χ3n) is 2.69. The van der Waals surface area contributed by atoms with Gasteiger partial charge in [0.1, 0.15) is 0 Å². The molecule has 0 amide bonds. The van der Waals surface area contributed by atoms with E-state index in [0.717, 1.165) is 18.4 Å². The van der Waals surface area contributed by atoms with E-state index in [0.29, 0.717) is 17.0 Å². The van der Waals surface area contributed by atoms with Crippen LogP contribution in [0.3, 0.4) is 0 Å². The number of rotatable bonds is 3. The fourth-order valence-corrected chi connectivity index (χ4v) is 1.73. The van der Waals surface area contributed by atoms with Gasteiger partial charge in [-0.25, -0.2) is 0 Å². The largest absolute Gasteiger partial charge is 0.295 e. The zero-order valence-corrected chi connectivity index (χ0v) is 8.36. The minimum Gasteiger partial charge on any atom is -0.295 e. The molecule has 0 N–H and O–H groups in total. The summed E-state index contributed by atoms with van der Waals surface area (Å²) in [4.78, 5) is 11.6. The van der Waals surface area contributed by atoms with Gasteiger partial charge in [0.05, 0.1) is 19.5 Å². The van der Waals surface area contributed by atoms with Crippen molar-refractivity contribution < 1.29 is 4.79 Å². The van der Waals surface area contributed by atoms with E-state index in [4.69, 9.17) is 13.1 Å². The lowest BCUT2D eigenvalue weighted by atomic mass is 9.90. The van der Waals surface area contributed by atoms with Crippen molar-refractivity contribution in [2.75, 3.05) is 0 Å². The van der Waals surface area contributed by atoms with E-state index in [1.807, 2.05) is 12.1 Å². The molecule has 0 aromatic heterocycles. The second kappa shape index (κ2) is 3.90. The normalized spacial score (nSPS) is 14.6. The number of carbonyl (C=O) groups is 1. The third kappa shape index (κ3) is 1.94. The fraction of sp³-hybridized carbons (Fsp3) is 0.333. The van der Waals surface area contributed by atoms with Crippen molar-refractivity contribution in [3.8, 4) is 6.07 Å². The molecule has 2 rings (SSSR count). The predicted octanol–water partition coefficient (Wildman–Crippen LogP) is 2.21. The zero-order chi connectivity index (χ0) is 10.8. The number of ketones is 1. The lowest BCUT2D eigenvalue weighted by Gasteiger charge is -2.06. The Hall–Kier alpha value is -1.56. The van der Waals surface area contributed by atoms with Gasteiger partial charge in [-0.15, -0.1) is 0 Å². The molecule has 3 heteroatoms. The second-order valence-electron chi connectivity index (χ2n) is 3.82. The van der Waals surface area contributed by atoms with Crippen LogP contribution >= 0.6 is 0 Å². The quantitative estimate of drug-likeness (QED) is 0.547. The molecule has 1 fully saturated rings. The minimum atomic E-state index is -0.0750. The van der Waals surface area contributed by atoms with Crippen LogP contribution in [-0.2, 0) is 0 Å². The Morgan fingerprint density at radius 2 is 2.27 bits per heavy atom. The summed E-state index contributed by atoms with van der Waals surface area (Å²) in [6, 6.07) is 7.35. The first kappa shape index (κ1) is 9.98. The maximum absolute atomic E-state index is 11.6. The third-order valence-corrected chi connectivity index (χ3v) is 2.69. The van der Waals surface area contributed by atoms with E-state index in [1.165, 1.54) is 0 Å². The molecule has 72 valence electrons. The summed E-state index contributed by atoms with van der Waals surface area (Å²) in [5.74, 6) is 0.428. The van der Waals surface area contributed by atoms with Gasteiger partial charge in [-0.05, 0) is 42.8 Å². The monoisotopic (exact) mass is 195 g/mol. The lowest BCUT2D eigenvalue weighted by Crippen LogP contribution is -2.03. The average molecular weight is 195 g/mol. The summed E-state index contributed by atoms with van der Waals surface area (Å²) in [7, 11) is 5.35. The molecule has 0 saturated heterocycles. The van der Waals surface area contributed by atoms with Crippen LogP contribution in [0.1, 0.15) is 40.2 Å². The van der Waals surface area contributed by atoms with Crippen LogP contribution in [0.5, 0.6) is 0 Å². The smallest absolute Gasteiger partial charge is 0.154 e. The summed E-state index contributed by atoms with van der Waals surface area (Å²) in [5.41, 5.74) is 2.22. The standard InChI is InChI=1S/C12H10BNO/c13-6-12(15)11-5-8(7-14)1-4-10(11)9-2-3-9/h1,4-5,9H,2-3,6H2. The lowest BCUT2D eigenvalue weighted by molar-refractivity contribution is 0.101. The van der Waals surface area contributed by atoms with Crippen molar-refractivity contribution in [1.82, 2.24) is 0 Å². The molecule has 0 spiro atoms. The van der Waals surface area contributed by atoms with Gasteiger partial charge < -0.3 is 0 Å². The number of hydrogen-bond acceptors (Lipinski definition) is 2. The number of nitriles is 1. The Bertz CT molecular complexity index is 443. The molecular formula is C12H10BNO. The van der Waals surface area contributed by atoms with E-state index < -0.39 is 0 Å². The molecule has 2 radical (unpaired) electrons. The van der Waals surface area contributed by atoms with Crippen LogP contribution in [0.25, 0.3) is 0 Å². The molecule has 1 aliphatic carbocycles. The maximum atomic E-state index is 11.6. The molecule has 2 nitrogen and oxygen atoms in total. The molecule has 0 aliphatic heterocycles. The highest BCUT2D eigenvalue weighted by Gasteiger charge is 2.27. The van der Waals surface area contributed by atoms with E-state index in [9.17, 15) is 4.79 Å². The molecule has 0 atom stereocenters. The topological polar surface area (TPSA) is 40.9 Å². The Morgan fingerprint density at radius 3 is 2.80 bits per heavy atom. The maximum Gasteiger partial charge on any atom is 0.154 e. The van der Waals surface area contributed by atoms with Crippen molar-refractivity contribution in [3.05, 3.63) is 34.9 Å². The summed E-state index contributed by atoms with van der Waals surface area (Å²) in [6.07, 6.45) is 2.28. The second-order valence-corrected chi connectivity index (χ2v) is 3.82. The molecular weight excluding hydrogens is 185 g/mol. The Morgan fingerprint density at radius 1 is 1.53 bits per heavy atom. The predicted molar refractivity (Wildman–Crippen MR) is 58.0 cm³/mol. The van der Waals surface area contributed by atoms with Gasteiger partial charge in [0, 0.05) is 5.56 Å². The summed E-state index contributed by atoms with van der Waals surface area (Å²) in [5, 5.41) is 8.77. The van der Waals surface area contributed by atoms with E-state index in [1.54, 1.807) is 12.1 Å². The van der Waals surface area contributed by atoms with Gasteiger partial charge in [-0.1, -0.05) is 6.07 Å². The number of Topliss-reactive ketones (excluding diaryl/α,β-unsaturated/α-hetero) is 1. The van der Waals surface area contributed by atoms with Crippen molar-refractivity contribution in [2.24, 2.45) is 0 Å². The van der Waals surface area contributed by atoms with Crippen molar-refractivity contribution >= 4 is 13.6 Å². The van der Waals surface area contributed by atoms with Crippen molar-refractivity contribution in [1.29, 1.82) is 5.26 Å². The Kier molecular flexibility index (Phi) is 2.59. The first-order valence-corrected chi connectivity index (χ1v) is 5.03. The molecule has 0 heterocycles. The van der Waals surface area contributed by atoms with E-state index in [2.05, 4.69) is 0 Å². The van der Waals surface area contributed by atoms with E-state index >= 15 is 0 Å². The minimum absolute atomic E-state index is 0.00853. The SMILES string of the molecule is [B]CC(=O)c1cc(C#N)ccc1C1CC1. The van der Waals surface area contributed by atoms with Gasteiger partial charge in [0.2, 0.25) is 0 Å². The molecule has 0 bridgehead atoms. The summed E-state index contributed by atoms with van der Waals surface area (Å²) < 4.78 is 0. The van der Waals surface area contributed by atoms with Gasteiger partial charge in [-0.2, -0.15) is 5.26 Å². The molecule has 1 aromatic carbocycles. The van der Waals surface area contributed by atoms with Crippen LogP contribution in [0, 0.1) is 11.3 Å². The number of carbonyl (C=O) groups excluding carboxylic acids is 1. The van der Waals surface area contributed by atoms with Crippen LogP contribution in [0.4, 0.5) is 0 Å². The van der Waals surface area contributed by atoms with Gasteiger partial charge in [0.15, 0.2) is 5.78 Å². The highest BCUT2D eigenvalue weighted by Crippen LogP contribution is 2.42. The van der Waals surface area contributed by atoms with Crippen molar-refractivity contribution in [2.45, 2.75) is 25.1 Å². The average Bonchev–Trinajstić information content (AvgIpc) is 3.11. The zero-order valence-electron chi connectivity index (χ0n) is 8.36. The molecule has 1 saturated carbocycles. The molecule has 0 unspecified atom stereocenters. The fourth-order valence-electron chi connectivity index (χ4n) is 1.73. The molecule has 15 heavy (non-hydrogen) atoms. The van der Waals surface area contributed by atoms with Crippen molar-refractivity contribution in [3.63, 3.8) is 0 Å². The number of hydrogen-bond donors (Lipinski definition) is 0. The van der Waals surface area contributed by atoms with Gasteiger partial charge >= 0.3 is 0 Å².